The van der Waals surface area contributed by atoms with Gasteiger partial charge in [0, 0.05) is 12.6 Å². The molecule has 1 aromatic carbocycles. The van der Waals surface area contributed by atoms with E-state index in [2.05, 4.69) is 10.3 Å². The zero-order valence-electron chi connectivity index (χ0n) is 11.6. The maximum Gasteiger partial charge on any atom is 0.118 e. The van der Waals surface area contributed by atoms with Crippen LogP contribution in [0, 0.1) is 0 Å². The maximum absolute atomic E-state index is 5.13. The van der Waals surface area contributed by atoms with Gasteiger partial charge in [0.05, 0.1) is 12.8 Å². The predicted molar refractivity (Wildman–Crippen MR) is 75.9 cm³/mol. The largest absolute Gasteiger partial charge is 0.497 e. The lowest BCUT2D eigenvalue weighted by Crippen LogP contribution is -2.03. The van der Waals surface area contributed by atoms with Crippen molar-refractivity contribution in [1.29, 1.82) is 0 Å². The van der Waals surface area contributed by atoms with Gasteiger partial charge in [-0.05, 0) is 43.7 Å². The number of hydrogen-bond donors (Lipinski definition) is 0. The lowest BCUT2D eigenvalue weighted by atomic mass is 10.1. The lowest BCUT2D eigenvalue weighted by Gasteiger charge is -2.05. The second-order valence-corrected chi connectivity index (χ2v) is 3.59. The van der Waals surface area contributed by atoms with Gasteiger partial charge in [0.1, 0.15) is 19.0 Å². The van der Waals surface area contributed by atoms with Crippen molar-refractivity contribution in [2.45, 2.75) is 20.3 Å². The molecule has 0 saturated carbocycles. The van der Waals surface area contributed by atoms with E-state index in [0.29, 0.717) is 19.6 Å². The molecule has 0 bridgehead atoms. The topological polar surface area (TPSA) is 52.4 Å². The van der Waals surface area contributed by atoms with E-state index >= 15 is 0 Å². The molecule has 0 amide bonds. The summed E-state index contributed by atoms with van der Waals surface area (Å²) >= 11 is 0. The van der Waals surface area contributed by atoms with Gasteiger partial charge in [-0.2, -0.15) is 0 Å². The number of nitrogens with zero attached hydrogens (tertiary/aromatic N) is 2. The minimum atomic E-state index is 0.530. The van der Waals surface area contributed by atoms with Crippen LogP contribution in [0.2, 0.25) is 0 Å². The summed E-state index contributed by atoms with van der Waals surface area (Å²) in [4.78, 5) is 10.0. The molecule has 5 heteroatoms. The Hall–Kier alpha value is -2.04. The molecule has 5 nitrogen and oxygen atoms in total. The van der Waals surface area contributed by atoms with Crippen LogP contribution in [0.3, 0.4) is 0 Å². The lowest BCUT2D eigenvalue weighted by molar-refractivity contribution is 0.157. The zero-order chi connectivity index (χ0) is 13.9. The summed E-state index contributed by atoms with van der Waals surface area (Å²) in [5.74, 6) is 0.808. The van der Waals surface area contributed by atoms with E-state index in [1.165, 1.54) is 0 Å². The number of benzene rings is 1. The third kappa shape index (κ3) is 5.42. The van der Waals surface area contributed by atoms with Gasteiger partial charge < -0.3 is 14.4 Å². The van der Waals surface area contributed by atoms with E-state index in [0.717, 1.165) is 17.0 Å². The Balaban J connectivity index is 2.77. The summed E-state index contributed by atoms with van der Waals surface area (Å²) < 4.78 is 5.13. The first-order chi connectivity index (χ1) is 9.31. The third-order valence-corrected chi connectivity index (χ3v) is 2.29. The molecule has 0 aromatic heterocycles. The van der Waals surface area contributed by atoms with E-state index < -0.39 is 0 Å². The minimum Gasteiger partial charge on any atom is -0.497 e. The van der Waals surface area contributed by atoms with Crippen molar-refractivity contribution in [1.82, 2.24) is 0 Å². The number of hydrogen-bond acceptors (Lipinski definition) is 5. The fourth-order valence-electron chi connectivity index (χ4n) is 1.38. The van der Waals surface area contributed by atoms with E-state index in [4.69, 9.17) is 14.4 Å². The summed E-state index contributed by atoms with van der Waals surface area (Å²) in [6.07, 6.45) is 2.22. The van der Waals surface area contributed by atoms with Crippen molar-refractivity contribution < 1.29 is 14.4 Å². The molecule has 0 N–H and O–H groups in total. The highest BCUT2D eigenvalue weighted by Crippen LogP contribution is 2.13. The van der Waals surface area contributed by atoms with Crippen LogP contribution >= 0.6 is 0 Å². The fraction of sp³-hybridized carbons (Fsp3) is 0.429. The molecule has 19 heavy (non-hydrogen) atoms. The van der Waals surface area contributed by atoms with Crippen molar-refractivity contribution in [2.75, 3.05) is 20.3 Å². The normalized spacial score (nSPS) is 11.6. The molecular formula is C14H20N2O3. The quantitative estimate of drug-likeness (QED) is 0.536. The first-order valence-electron chi connectivity index (χ1n) is 6.28. The monoisotopic (exact) mass is 264 g/mol. The Kier molecular flexibility index (Phi) is 7.09. The van der Waals surface area contributed by atoms with Gasteiger partial charge in [-0.25, -0.2) is 0 Å². The molecule has 0 fully saturated rings. The number of rotatable bonds is 8. The molecule has 1 aromatic rings. The zero-order valence-corrected chi connectivity index (χ0v) is 11.6. The second-order valence-electron chi connectivity index (χ2n) is 3.59. The fourth-order valence-corrected chi connectivity index (χ4v) is 1.38. The van der Waals surface area contributed by atoms with Gasteiger partial charge in [0.2, 0.25) is 0 Å². The molecular weight excluding hydrogens is 244 g/mol. The summed E-state index contributed by atoms with van der Waals surface area (Å²) in [5.41, 5.74) is 1.77. The van der Waals surface area contributed by atoms with Gasteiger partial charge in [-0.15, -0.1) is 0 Å². The average molecular weight is 264 g/mol. The van der Waals surface area contributed by atoms with E-state index in [-0.39, 0.29) is 0 Å². The Labute approximate surface area is 113 Å². The molecule has 104 valence electrons. The summed E-state index contributed by atoms with van der Waals surface area (Å²) in [7, 11) is 1.64. The Bertz CT molecular complexity index is 413. The van der Waals surface area contributed by atoms with Crippen molar-refractivity contribution in [2.24, 2.45) is 10.3 Å². The van der Waals surface area contributed by atoms with Crippen molar-refractivity contribution in [3.63, 3.8) is 0 Å². The van der Waals surface area contributed by atoms with Gasteiger partial charge >= 0.3 is 0 Å². The molecule has 1 rings (SSSR count). The van der Waals surface area contributed by atoms with Crippen LogP contribution in [0.25, 0.3) is 0 Å². The Morgan fingerprint density at radius 1 is 1.11 bits per heavy atom. The third-order valence-electron chi connectivity index (χ3n) is 2.29. The molecule has 0 unspecified atom stereocenters. The highest BCUT2D eigenvalue weighted by Gasteiger charge is 2.04. The Morgan fingerprint density at radius 2 is 1.79 bits per heavy atom. The molecule has 0 saturated heterocycles. The highest BCUT2D eigenvalue weighted by molar-refractivity contribution is 6.07. The number of methoxy groups -OCH3 is 1. The van der Waals surface area contributed by atoms with Crippen LogP contribution in [0.4, 0.5) is 0 Å². The van der Waals surface area contributed by atoms with Gasteiger partial charge in [-0.1, -0.05) is 10.3 Å². The highest BCUT2D eigenvalue weighted by atomic mass is 16.6. The van der Waals surface area contributed by atoms with Crippen LogP contribution in [0.1, 0.15) is 25.8 Å². The van der Waals surface area contributed by atoms with Crippen LogP contribution in [-0.2, 0) is 9.68 Å². The van der Waals surface area contributed by atoms with E-state index in [1.807, 2.05) is 38.1 Å². The van der Waals surface area contributed by atoms with Crippen LogP contribution in [-0.4, -0.2) is 32.2 Å². The summed E-state index contributed by atoms with van der Waals surface area (Å²) in [6, 6.07) is 7.64. The molecule has 0 radical (unpaired) electrons. The maximum atomic E-state index is 5.13. The minimum absolute atomic E-state index is 0.530. The first-order valence-corrected chi connectivity index (χ1v) is 6.28. The van der Waals surface area contributed by atoms with E-state index in [1.54, 1.807) is 13.3 Å². The van der Waals surface area contributed by atoms with Gasteiger partial charge in [-0.3, -0.25) is 0 Å². The number of ether oxygens (including phenoxy) is 1. The summed E-state index contributed by atoms with van der Waals surface area (Å²) in [6.45, 7) is 4.86. The standard InChI is InChI=1S/C14H20N2O3/c1-4-18-15-11-10-14(16-19-5-2)12-6-8-13(17-3)9-7-12/h6-9,11H,4-5,10H2,1-3H3/b15-11+,16-14-. The molecule has 0 aliphatic rings. The second kappa shape index (κ2) is 8.97. The van der Waals surface area contributed by atoms with Crippen molar-refractivity contribution in [3.05, 3.63) is 29.8 Å². The molecule has 0 aliphatic heterocycles. The van der Waals surface area contributed by atoms with Gasteiger partial charge in [0.15, 0.2) is 0 Å². The Morgan fingerprint density at radius 3 is 2.37 bits per heavy atom. The van der Waals surface area contributed by atoms with Gasteiger partial charge in [0.25, 0.3) is 0 Å². The van der Waals surface area contributed by atoms with E-state index in [9.17, 15) is 0 Å². The first kappa shape index (κ1) is 15.0. The van der Waals surface area contributed by atoms with Crippen LogP contribution in [0.5, 0.6) is 5.75 Å². The SMILES string of the molecule is CCO/N=C(/C/C=N/OCC)c1ccc(OC)cc1. The average Bonchev–Trinajstić information content (AvgIpc) is 2.47. The van der Waals surface area contributed by atoms with Crippen LogP contribution in [0.15, 0.2) is 34.6 Å². The molecule has 0 atom stereocenters. The number of oxime groups is 2. The molecule has 0 aliphatic carbocycles. The molecule has 0 spiro atoms. The predicted octanol–water partition coefficient (Wildman–Crippen LogP) is 2.85. The van der Waals surface area contributed by atoms with Crippen molar-refractivity contribution in [3.8, 4) is 5.75 Å². The van der Waals surface area contributed by atoms with Crippen molar-refractivity contribution >= 4 is 11.9 Å². The molecule has 0 heterocycles. The summed E-state index contributed by atoms with van der Waals surface area (Å²) in [5, 5.41) is 7.91. The van der Waals surface area contributed by atoms with Crippen LogP contribution < -0.4 is 4.74 Å². The smallest absolute Gasteiger partial charge is 0.118 e.